The molecule has 0 aromatic carbocycles. The van der Waals surface area contributed by atoms with E-state index in [4.69, 9.17) is 16.3 Å². The number of hydrogen-bond acceptors (Lipinski definition) is 4. The van der Waals surface area contributed by atoms with Gasteiger partial charge in [0.25, 0.3) is 5.91 Å². The van der Waals surface area contributed by atoms with Gasteiger partial charge in [0.2, 0.25) is 0 Å². The van der Waals surface area contributed by atoms with Crippen molar-refractivity contribution in [2.24, 2.45) is 0 Å². The molecule has 1 N–H and O–H groups in total. The molecule has 1 rings (SSSR count). The van der Waals surface area contributed by atoms with Crippen LogP contribution in [0.15, 0.2) is 12.4 Å². The highest BCUT2D eigenvalue weighted by Gasteiger charge is 2.13. The highest BCUT2D eigenvalue weighted by Crippen LogP contribution is 2.14. The van der Waals surface area contributed by atoms with Gasteiger partial charge in [0.15, 0.2) is 11.0 Å². The minimum Gasteiger partial charge on any atom is -0.372 e. The van der Waals surface area contributed by atoms with Crippen molar-refractivity contribution in [2.45, 2.75) is 13.0 Å². The third kappa shape index (κ3) is 2.65. The Labute approximate surface area is 86.5 Å². The lowest BCUT2D eigenvalue weighted by molar-refractivity contribution is -0.124. The largest absolute Gasteiger partial charge is 0.372 e. The molecular formula is C8H10ClN3O2. The van der Waals surface area contributed by atoms with Crippen LogP contribution in [0.25, 0.3) is 0 Å². The van der Waals surface area contributed by atoms with Crippen LogP contribution in [0.5, 0.6) is 0 Å². The number of methoxy groups -OCH3 is 1. The van der Waals surface area contributed by atoms with Crippen molar-refractivity contribution in [1.29, 1.82) is 0 Å². The van der Waals surface area contributed by atoms with Gasteiger partial charge >= 0.3 is 0 Å². The molecule has 1 aromatic heterocycles. The first-order valence-corrected chi connectivity index (χ1v) is 4.33. The Hall–Kier alpha value is -1.20. The normalized spacial score (nSPS) is 12.2. The number of ether oxygens (including phenoxy) is 1. The summed E-state index contributed by atoms with van der Waals surface area (Å²) in [6, 6.07) is 0. The summed E-state index contributed by atoms with van der Waals surface area (Å²) in [6.45, 7) is 1.62. The number of aromatic nitrogens is 2. The smallest absolute Gasteiger partial charge is 0.254 e. The average molecular weight is 216 g/mol. The van der Waals surface area contributed by atoms with Gasteiger partial charge in [-0.05, 0) is 6.92 Å². The topological polar surface area (TPSA) is 64.1 Å². The molecule has 0 aliphatic heterocycles. The zero-order chi connectivity index (χ0) is 10.6. The highest BCUT2D eigenvalue weighted by atomic mass is 35.5. The van der Waals surface area contributed by atoms with E-state index in [1.807, 2.05) is 0 Å². The maximum atomic E-state index is 11.3. The lowest BCUT2D eigenvalue weighted by Gasteiger charge is -2.09. The van der Waals surface area contributed by atoms with Gasteiger partial charge < -0.3 is 10.1 Å². The Morgan fingerprint density at radius 1 is 1.57 bits per heavy atom. The second-order valence-electron chi connectivity index (χ2n) is 2.56. The van der Waals surface area contributed by atoms with Crippen molar-refractivity contribution in [3.63, 3.8) is 0 Å². The summed E-state index contributed by atoms with van der Waals surface area (Å²) in [5.41, 5.74) is 0. The molecule has 14 heavy (non-hydrogen) atoms. The van der Waals surface area contributed by atoms with Gasteiger partial charge in [-0.25, -0.2) is 9.97 Å². The van der Waals surface area contributed by atoms with E-state index in [1.54, 1.807) is 6.92 Å². The van der Waals surface area contributed by atoms with Crippen molar-refractivity contribution < 1.29 is 9.53 Å². The molecule has 1 heterocycles. The van der Waals surface area contributed by atoms with Gasteiger partial charge in [-0.2, -0.15) is 0 Å². The summed E-state index contributed by atoms with van der Waals surface area (Å²) in [5.74, 6) is -0.0713. The van der Waals surface area contributed by atoms with Crippen molar-refractivity contribution in [3.8, 4) is 0 Å². The molecule has 0 radical (unpaired) electrons. The third-order valence-corrected chi connectivity index (χ3v) is 1.89. The molecule has 0 aliphatic rings. The van der Waals surface area contributed by atoms with Gasteiger partial charge in [-0.1, -0.05) is 11.6 Å². The molecule has 0 bridgehead atoms. The van der Waals surface area contributed by atoms with Gasteiger partial charge in [-0.15, -0.1) is 0 Å². The number of anilines is 1. The monoisotopic (exact) mass is 215 g/mol. The lowest BCUT2D eigenvalue weighted by atomic mass is 10.4. The zero-order valence-electron chi connectivity index (χ0n) is 7.82. The lowest BCUT2D eigenvalue weighted by Crippen LogP contribution is -2.27. The fraction of sp³-hybridized carbons (Fsp3) is 0.375. The molecular weight excluding hydrogens is 206 g/mol. The Morgan fingerprint density at radius 3 is 2.79 bits per heavy atom. The number of amides is 1. The number of carbonyl (C=O) groups excluding carboxylic acids is 1. The summed E-state index contributed by atoms with van der Waals surface area (Å²) in [6.07, 6.45) is 2.34. The summed E-state index contributed by atoms with van der Waals surface area (Å²) >= 11 is 5.69. The first kappa shape index (κ1) is 10.9. The van der Waals surface area contributed by atoms with Gasteiger partial charge in [-0.3, -0.25) is 4.79 Å². The highest BCUT2D eigenvalue weighted by molar-refractivity contribution is 6.32. The van der Waals surface area contributed by atoms with Crippen molar-refractivity contribution in [1.82, 2.24) is 9.97 Å². The van der Waals surface area contributed by atoms with E-state index >= 15 is 0 Å². The first-order chi connectivity index (χ1) is 6.65. The standard InChI is InChI=1S/C8H10ClN3O2/c1-5(14-2)8(13)12-7-6(9)10-3-4-11-7/h3-5H,1-2H3,(H,11,12,13). The number of nitrogens with zero attached hydrogens (tertiary/aromatic N) is 2. The first-order valence-electron chi connectivity index (χ1n) is 3.95. The molecule has 0 saturated heterocycles. The number of halogens is 1. The SMILES string of the molecule is COC(C)C(=O)Nc1nccnc1Cl. The summed E-state index contributed by atoms with van der Waals surface area (Å²) in [4.78, 5) is 19.0. The zero-order valence-corrected chi connectivity index (χ0v) is 8.58. The minimum atomic E-state index is -0.548. The van der Waals surface area contributed by atoms with E-state index in [0.29, 0.717) is 0 Å². The van der Waals surface area contributed by atoms with E-state index in [-0.39, 0.29) is 16.9 Å². The van der Waals surface area contributed by atoms with Crippen molar-refractivity contribution >= 4 is 23.3 Å². The van der Waals surface area contributed by atoms with Gasteiger partial charge in [0.1, 0.15) is 6.10 Å². The van der Waals surface area contributed by atoms with Crippen LogP contribution in [-0.4, -0.2) is 29.1 Å². The molecule has 6 heteroatoms. The molecule has 1 atom stereocenters. The summed E-state index contributed by atoms with van der Waals surface area (Å²) in [5, 5.41) is 2.65. The van der Waals surface area contributed by atoms with Crippen LogP contribution in [0.2, 0.25) is 5.15 Å². The molecule has 5 nitrogen and oxygen atoms in total. The molecule has 0 spiro atoms. The molecule has 0 fully saturated rings. The third-order valence-electron chi connectivity index (χ3n) is 1.62. The average Bonchev–Trinajstić information content (AvgIpc) is 2.20. The summed E-state index contributed by atoms with van der Waals surface area (Å²) < 4.78 is 4.82. The van der Waals surface area contributed by atoms with E-state index in [0.717, 1.165) is 0 Å². The predicted octanol–water partition coefficient (Wildman–Crippen LogP) is 1.10. The Balaban J connectivity index is 2.70. The molecule has 1 aromatic rings. The van der Waals surface area contributed by atoms with Crippen LogP contribution >= 0.6 is 11.6 Å². The predicted molar refractivity (Wildman–Crippen MR) is 52.1 cm³/mol. The van der Waals surface area contributed by atoms with Crippen molar-refractivity contribution in [3.05, 3.63) is 17.5 Å². The van der Waals surface area contributed by atoms with Gasteiger partial charge in [0, 0.05) is 19.5 Å². The Kier molecular flexibility index (Phi) is 3.79. The van der Waals surface area contributed by atoms with Crippen molar-refractivity contribution in [2.75, 3.05) is 12.4 Å². The van der Waals surface area contributed by atoms with Crippen LogP contribution < -0.4 is 5.32 Å². The van der Waals surface area contributed by atoms with E-state index < -0.39 is 6.10 Å². The second kappa shape index (κ2) is 4.88. The number of hydrogen-bond donors (Lipinski definition) is 1. The number of rotatable bonds is 3. The van der Waals surface area contributed by atoms with E-state index in [2.05, 4.69) is 15.3 Å². The van der Waals surface area contributed by atoms with Crippen LogP contribution in [0, 0.1) is 0 Å². The van der Waals surface area contributed by atoms with E-state index in [1.165, 1.54) is 19.5 Å². The van der Waals surface area contributed by atoms with Gasteiger partial charge in [0.05, 0.1) is 0 Å². The van der Waals surface area contributed by atoms with E-state index in [9.17, 15) is 4.79 Å². The molecule has 76 valence electrons. The Morgan fingerprint density at radius 2 is 2.21 bits per heavy atom. The Bertz CT molecular complexity index is 332. The summed E-state index contributed by atoms with van der Waals surface area (Å²) in [7, 11) is 1.45. The van der Waals surface area contributed by atoms with Crippen LogP contribution in [0.1, 0.15) is 6.92 Å². The maximum Gasteiger partial charge on any atom is 0.254 e. The fourth-order valence-corrected chi connectivity index (χ4v) is 0.883. The van der Waals surface area contributed by atoms with Crippen LogP contribution in [-0.2, 0) is 9.53 Å². The van der Waals surface area contributed by atoms with Crippen LogP contribution in [0.3, 0.4) is 0 Å². The molecule has 1 unspecified atom stereocenters. The molecule has 0 aliphatic carbocycles. The molecule has 1 amide bonds. The minimum absolute atomic E-state index is 0.157. The quantitative estimate of drug-likeness (QED) is 0.820. The maximum absolute atomic E-state index is 11.3. The second-order valence-corrected chi connectivity index (χ2v) is 2.92. The van der Waals surface area contributed by atoms with Crippen LogP contribution in [0.4, 0.5) is 5.82 Å². The fourth-order valence-electron chi connectivity index (χ4n) is 0.730. The number of nitrogens with one attached hydrogen (secondary N) is 1. The number of carbonyl (C=O) groups is 1. The molecule has 0 saturated carbocycles.